The maximum atomic E-state index is 10.6. The molecule has 1 aromatic rings. The fourth-order valence-electron chi connectivity index (χ4n) is 1.42. The van der Waals surface area contributed by atoms with Crippen molar-refractivity contribution in [3.05, 3.63) is 28.3 Å². The van der Waals surface area contributed by atoms with Gasteiger partial charge in [0.25, 0.3) is 5.69 Å². The van der Waals surface area contributed by atoms with E-state index in [9.17, 15) is 10.1 Å². The van der Waals surface area contributed by atoms with Crippen molar-refractivity contribution in [2.45, 2.75) is 0 Å². The van der Waals surface area contributed by atoms with E-state index in [0.29, 0.717) is 11.4 Å². The number of rotatable bonds is 3. The fourth-order valence-corrected chi connectivity index (χ4v) is 2.16. The SMILES string of the molecule is COc1cc([N+](=O)[O-])ccc1NC1=NCCS1. The van der Waals surface area contributed by atoms with Crippen LogP contribution in [-0.2, 0) is 0 Å². The molecule has 17 heavy (non-hydrogen) atoms. The summed E-state index contributed by atoms with van der Waals surface area (Å²) in [5, 5.41) is 14.5. The number of nitro groups is 1. The second kappa shape index (κ2) is 5.05. The third-order valence-corrected chi connectivity index (χ3v) is 3.11. The smallest absolute Gasteiger partial charge is 0.273 e. The molecule has 1 aliphatic heterocycles. The van der Waals surface area contributed by atoms with Gasteiger partial charge < -0.3 is 10.1 Å². The number of hydrogen-bond acceptors (Lipinski definition) is 6. The maximum Gasteiger partial charge on any atom is 0.273 e. The number of non-ortho nitro benzene ring substituents is 1. The van der Waals surface area contributed by atoms with E-state index in [1.54, 1.807) is 17.8 Å². The number of nitro benzene ring substituents is 1. The van der Waals surface area contributed by atoms with Crippen molar-refractivity contribution in [3.63, 3.8) is 0 Å². The molecule has 7 heteroatoms. The minimum absolute atomic E-state index is 0.00779. The molecule has 0 spiro atoms. The highest BCUT2D eigenvalue weighted by atomic mass is 32.2. The molecule has 0 aromatic heterocycles. The molecule has 1 heterocycles. The molecule has 0 saturated heterocycles. The molecule has 0 aliphatic carbocycles. The topological polar surface area (TPSA) is 76.8 Å². The molecule has 0 bridgehead atoms. The van der Waals surface area contributed by atoms with Crippen molar-refractivity contribution < 1.29 is 9.66 Å². The Morgan fingerprint density at radius 1 is 1.59 bits per heavy atom. The largest absolute Gasteiger partial charge is 0.494 e. The van der Waals surface area contributed by atoms with Gasteiger partial charge in [-0.25, -0.2) is 0 Å². The van der Waals surface area contributed by atoms with Gasteiger partial charge in [-0.2, -0.15) is 0 Å². The summed E-state index contributed by atoms with van der Waals surface area (Å²) in [4.78, 5) is 14.4. The highest BCUT2D eigenvalue weighted by molar-refractivity contribution is 8.14. The van der Waals surface area contributed by atoms with Crippen molar-refractivity contribution in [3.8, 4) is 5.75 Å². The minimum Gasteiger partial charge on any atom is -0.494 e. The van der Waals surface area contributed by atoms with Gasteiger partial charge in [-0.1, -0.05) is 11.8 Å². The summed E-state index contributed by atoms with van der Waals surface area (Å²) in [6, 6.07) is 4.45. The quantitative estimate of drug-likeness (QED) is 0.659. The Morgan fingerprint density at radius 3 is 3.00 bits per heavy atom. The predicted molar refractivity (Wildman–Crippen MR) is 68.0 cm³/mol. The first-order valence-corrected chi connectivity index (χ1v) is 5.96. The average molecular weight is 253 g/mol. The molecule has 90 valence electrons. The van der Waals surface area contributed by atoms with Crippen LogP contribution in [0.3, 0.4) is 0 Å². The molecular formula is C10H11N3O3S. The van der Waals surface area contributed by atoms with Crippen LogP contribution in [0.4, 0.5) is 11.4 Å². The number of thioether (sulfide) groups is 1. The molecule has 1 aromatic carbocycles. The van der Waals surface area contributed by atoms with Crippen LogP contribution >= 0.6 is 11.8 Å². The Hall–Kier alpha value is -1.76. The number of hydrogen-bond donors (Lipinski definition) is 1. The van der Waals surface area contributed by atoms with Crippen molar-refractivity contribution >= 4 is 28.3 Å². The zero-order valence-corrected chi connectivity index (χ0v) is 9.99. The number of anilines is 1. The summed E-state index contributed by atoms with van der Waals surface area (Å²) >= 11 is 1.62. The highest BCUT2D eigenvalue weighted by Gasteiger charge is 2.14. The van der Waals surface area contributed by atoms with E-state index in [-0.39, 0.29) is 5.69 Å². The van der Waals surface area contributed by atoms with Gasteiger partial charge in [-0.3, -0.25) is 15.1 Å². The van der Waals surface area contributed by atoms with Crippen LogP contribution < -0.4 is 10.1 Å². The predicted octanol–water partition coefficient (Wildman–Crippen LogP) is 2.12. The summed E-state index contributed by atoms with van der Waals surface area (Å²) in [6.45, 7) is 0.794. The molecule has 0 amide bonds. The van der Waals surface area contributed by atoms with Gasteiger partial charge >= 0.3 is 0 Å². The van der Waals surface area contributed by atoms with Crippen molar-refractivity contribution in [1.29, 1.82) is 0 Å². The Morgan fingerprint density at radius 2 is 2.41 bits per heavy atom. The molecule has 6 nitrogen and oxygen atoms in total. The summed E-state index contributed by atoms with van der Waals surface area (Å²) in [5.74, 6) is 1.40. The van der Waals surface area contributed by atoms with Crippen LogP contribution in [0.5, 0.6) is 5.75 Å². The van der Waals surface area contributed by atoms with Gasteiger partial charge in [-0.05, 0) is 6.07 Å². The molecule has 2 rings (SSSR count). The van der Waals surface area contributed by atoms with Crippen LogP contribution in [0, 0.1) is 10.1 Å². The second-order valence-corrected chi connectivity index (χ2v) is 4.39. The van der Waals surface area contributed by atoms with Crippen LogP contribution in [0.1, 0.15) is 0 Å². The third-order valence-electron chi connectivity index (χ3n) is 2.22. The summed E-state index contributed by atoms with van der Waals surface area (Å²) < 4.78 is 5.12. The zero-order chi connectivity index (χ0) is 12.3. The van der Waals surface area contributed by atoms with Gasteiger partial charge in [0.15, 0.2) is 5.17 Å². The van der Waals surface area contributed by atoms with E-state index in [1.807, 2.05) is 0 Å². The Balaban J connectivity index is 2.24. The Bertz CT molecular complexity index is 476. The van der Waals surface area contributed by atoms with Crippen molar-refractivity contribution in [2.75, 3.05) is 24.7 Å². The number of amidine groups is 1. The first kappa shape index (κ1) is 11.7. The summed E-state index contributed by atoms with van der Waals surface area (Å²) in [5.41, 5.74) is 0.694. The van der Waals surface area contributed by atoms with Crippen molar-refractivity contribution in [2.24, 2.45) is 4.99 Å². The first-order chi connectivity index (χ1) is 8.20. The lowest BCUT2D eigenvalue weighted by Crippen LogP contribution is -2.06. The monoisotopic (exact) mass is 253 g/mol. The Kier molecular flexibility index (Phi) is 3.48. The number of benzene rings is 1. The van der Waals surface area contributed by atoms with Gasteiger partial charge in [0.05, 0.1) is 30.3 Å². The molecule has 0 unspecified atom stereocenters. The normalized spacial score (nSPS) is 14.3. The first-order valence-electron chi connectivity index (χ1n) is 4.97. The fraction of sp³-hybridized carbons (Fsp3) is 0.300. The summed E-state index contributed by atoms with van der Waals surface area (Å²) in [7, 11) is 1.48. The molecule has 1 N–H and O–H groups in total. The van der Waals surface area contributed by atoms with Crippen LogP contribution in [0.25, 0.3) is 0 Å². The van der Waals surface area contributed by atoms with Crippen LogP contribution in [0.2, 0.25) is 0 Å². The third kappa shape index (κ3) is 2.68. The van der Waals surface area contributed by atoms with Gasteiger partial charge in [0.1, 0.15) is 5.75 Å². The number of methoxy groups -OCH3 is 1. The Labute approximate surface area is 102 Å². The molecular weight excluding hydrogens is 242 g/mol. The zero-order valence-electron chi connectivity index (χ0n) is 9.17. The molecule has 0 saturated carbocycles. The lowest BCUT2D eigenvalue weighted by atomic mass is 10.2. The molecule has 0 atom stereocenters. The average Bonchev–Trinajstić information content (AvgIpc) is 2.82. The van der Waals surface area contributed by atoms with E-state index >= 15 is 0 Å². The molecule has 0 radical (unpaired) electrons. The van der Waals surface area contributed by atoms with E-state index in [4.69, 9.17) is 4.74 Å². The van der Waals surface area contributed by atoms with Crippen LogP contribution in [-0.4, -0.2) is 29.5 Å². The number of ether oxygens (including phenoxy) is 1. The second-order valence-electron chi connectivity index (χ2n) is 3.30. The van der Waals surface area contributed by atoms with Gasteiger partial charge in [-0.15, -0.1) is 0 Å². The van der Waals surface area contributed by atoms with E-state index in [1.165, 1.54) is 19.2 Å². The standard InChI is InChI=1S/C10H11N3O3S/c1-16-9-6-7(13(14)15)2-3-8(9)12-10-11-4-5-17-10/h2-3,6H,4-5H2,1H3,(H,11,12). The lowest BCUT2D eigenvalue weighted by Gasteiger charge is -2.09. The molecule has 0 fully saturated rings. The van der Waals surface area contributed by atoms with E-state index in [0.717, 1.165) is 17.5 Å². The van der Waals surface area contributed by atoms with Gasteiger partial charge in [0, 0.05) is 11.8 Å². The van der Waals surface area contributed by atoms with Crippen molar-refractivity contribution in [1.82, 2.24) is 0 Å². The number of nitrogens with one attached hydrogen (secondary N) is 1. The van der Waals surface area contributed by atoms with E-state index in [2.05, 4.69) is 10.3 Å². The highest BCUT2D eigenvalue weighted by Crippen LogP contribution is 2.30. The maximum absolute atomic E-state index is 10.6. The van der Waals surface area contributed by atoms with E-state index < -0.39 is 4.92 Å². The van der Waals surface area contributed by atoms with Gasteiger partial charge in [0.2, 0.25) is 0 Å². The number of nitrogens with zero attached hydrogens (tertiary/aromatic N) is 2. The lowest BCUT2D eigenvalue weighted by molar-refractivity contribution is -0.384. The van der Waals surface area contributed by atoms with Crippen LogP contribution in [0.15, 0.2) is 23.2 Å². The summed E-state index contributed by atoms with van der Waals surface area (Å²) in [6.07, 6.45) is 0. The minimum atomic E-state index is -0.450. The molecule has 1 aliphatic rings. The number of aliphatic imine (C=N–C) groups is 1.